The molecule has 0 bridgehead atoms. The lowest BCUT2D eigenvalue weighted by Crippen LogP contribution is -2.15. The van der Waals surface area contributed by atoms with Crippen LogP contribution in [0.1, 0.15) is 31.9 Å². The highest BCUT2D eigenvalue weighted by Gasteiger charge is 2.21. The first-order valence-electron chi connectivity index (χ1n) is 4.60. The van der Waals surface area contributed by atoms with Crippen molar-refractivity contribution >= 4 is 5.97 Å². The molecule has 0 spiro atoms. The van der Waals surface area contributed by atoms with E-state index in [2.05, 4.69) is 9.97 Å². The zero-order valence-corrected chi connectivity index (χ0v) is 8.34. The van der Waals surface area contributed by atoms with E-state index in [-0.39, 0.29) is 0 Å². The molecule has 0 aliphatic carbocycles. The van der Waals surface area contributed by atoms with Crippen molar-refractivity contribution in [2.75, 3.05) is 0 Å². The smallest absolute Gasteiger partial charge is 0.312 e. The average molecular weight is 194 g/mol. The summed E-state index contributed by atoms with van der Waals surface area (Å²) in [6, 6.07) is 1.65. The topological polar surface area (TPSA) is 63.1 Å². The number of nitrogens with zero attached hydrogens (tertiary/aromatic N) is 2. The van der Waals surface area contributed by atoms with Gasteiger partial charge < -0.3 is 5.11 Å². The van der Waals surface area contributed by atoms with E-state index in [1.54, 1.807) is 12.3 Å². The number of rotatable bonds is 4. The molecule has 0 fully saturated rings. The van der Waals surface area contributed by atoms with Gasteiger partial charge in [-0.15, -0.1) is 0 Å². The number of hydrogen-bond acceptors (Lipinski definition) is 3. The summed E-state index contributed by atoms with van der Waals surface area (Å²) < 4.78 is 0. The van der Waals surface area contributed by atoms with Crippen LogP contribution in [0.4, 0.5) is 0 Å². The van der Waals surface area contributed by atoms with Gasteiger partial charge in [0.15, 0.2) is 0 Å². The van der Waals surface area contributed by atoms with E-state index < -0.39 is 11.9 Å². The van der Waals surface area contributed by atoms with Crippen molar-refractivity contribution in [3.05, 3.63) is 24.3 Å². The molecular weight excluding hydrogens is 180 g/mol. The van der Waals surface area contributed by atoms with Crippen molar-refractivity contribution in [3.63, 3.8) is 0 Å². The molecule has 0 saturated heterocycles. The van der Waals surface area contributed by atoms with Crippen LogP contribution in [-0.2, 0) is 4.79 Å². The van der Waals surface area contributed by atoms with Crippen LogP contribution in [0, 0.1) is 5.92 Å². The van der Waals surface area contributed by atoms with Gasteiger partial charge in [-0.2, -0.15) is 0 Å². The molecule has 76 valence electrons. The van der Waals surface area contributed by atoms with Gasteiger partial charge in [0.1, 0.15) is 6.33 Å². The summed E-state index contributed by atoms with van der Waals surface area (Å²) in [5.41, 5.74) is 0.584. The van der Waals surface area contributed by atoms with Gasteiger partial charge in [-0.3, -0.25) is 4.79 Å². The molecule has 4 heteroatoms. The Bertz CT molecular complexity index is 298. The Morgan fingerprint density at radius 3 is 2.71 bits per heavy atom. The van der Waals surface area contributed by atoms with E-state index in [1.807, 2.05) is 13.8 Å². The molecule has 0 radical (unpaired) electrons. The van der Waals surface area contributed by atoms with Gasteiger partial charge in [-0.25, -0.2) is 9.97 Å². The van der Waals surface area contributed by atoms with E-state index >= 15 is 0 Å². The molecule has 0 aliphatic rings. The van der Waals surface area contributed by atoms with E-state index in [0.717, 1.165) is 0 Å². The number of carboxylic acids is 1. The molecule has 1 atom stereocenters. The zero-order chi connectivity index (χ0) is 10.6. The van der Waals surface area contributed by atoms with E-state index in [0.29, 0.717) is 18.0 Å². The average Bonchev–Trinajstić information content (AvgIpc) is 2.15. The molecule has 1 aromatic rings. The molecule has 4 nitrogen and oxygen atoms in total. The minimum absolute atomic E-state index is 0.339. The first-order valence-corrected chi connectivity index (χ1v) is 4.60. The standard InChI is InChI=1S/C10H14N2O2/c1-7(2)5-8(10(13)14)9-3-4-11-6-12-9/h3-4,6-8H,5H2,1-2H3,(H,13,14). The quantitative estimate of drug-likeness (QED) is 0.792. The maximum absolute atomic E-state index is 11.0. The molecule has 1 aromatic heterocycles. The fraction of sp³-hybridized carbons (Fsp3) is 0.500. The van der Waals surface area contributed by atoms with Gasteiger partial charge in [-0.05, 0) is 18.4 Å². The summed E-state index contributed by atoms with van der Waals surface area (Å²) in [6.07, 6.45) is 3.55. The Morgan fingerprint density at radius 1 is 1.57 bits per heavy atom. The van der Waals surface area contributed by atoms with Gasteiger partial charge in [0.2, 0.25) is 0 Å². The van der Waals surface area contributed by atoms with Crippen molar-refractivity contribution in [2.24, 2.45) is 5.92 Å². The predicted octanol–water partition coefficient (Wildman–Crippen LogP) is 1.69. The summed E-state index contributed by atoms with van der Waals surface area (Å²) in [7, 11) is 0. The van der Waals surface area contributed by atoms with Gasteiger partial charge >= 0.3 is 5.97 Å². The SMILES string of the molecule is CC(C)CC(C(=O)O)c1ccncn1. The number of aliphatic carboxylic acids is 1. The number of hydrogen-bond donors (Lipinski definition) is 1. The minimum Gasteiger partial charge on any atom is -0.481 e. The van der Waals surface area contributed by atoms with Crippen molar-refractivity contribution in [3.8, 4) is 0 Å². The molecule has 0 aliphatic heterocycles. The fourth-order valence-corrected chi connectivity index (χ4v) is 1.33. The summed E-state index contributed by atoms with van der Waals surface area (Å²) in [5, 5.41) is 9.02. The number of aromatic nitrogens is 2. The Balaban J connectivity index is 2.84. The molecule has 0 amide bonds. The summed E-state index contributed by atoms with van der Waals surface area (Å²) in [5.74, 6) is -0.999. The monoisotopic (exact) mass is 194 g/mol. The molecule has 14 heavy (non-hydrogen) atoms. The molecule has 0 saturated carbocycles. The summed E-state index contributed by atoms with van der Waals surface area (Å²) in [4.78, 5) is 18.7. The second-order valence-corrected chi connectivity index (χ2v) is 3.65. The minimum atomic E-state index is -0.822. The first kappa shape index (κ1) is 10.6. The molecule has 1 heterocycles. The van der Waals surface area contributed by atoms with E-state index in [9.17, 15) is 4.79 Å². The van der Waals surface area contributed by atoms with Crippen molar-refractivity contribution in [1.29, 1.82) is 0 Å². The Kier molecular flexibility index (Phi) is 3.56. The molecule has 1 unspecified atom stereocenters. The Labute approximate surface area is 83.0 Å². The van der Waals surface area contributed by atoms with Crippen molar-refractivity contribution in [1.82, 2.24) is 9.97 Å². The predicted molar refractivity (Wildman–Crippen MR) is 51.9 cm³/mol. The van der Waals surface area contributed by atoms with Gasteiger partial charge in [0.25, 0.3) is 0 Å². The lowest BCUT2D eigenvalue weighted by Gasteiger charge is -2.13. The maximum atomic E-state index is 11.0. The molecular formula is C10H14N2O2. The number of carbonyl (C=O) groups is 1. The Morgan fingerprint density at radius 2 is 2.29 bits per heavy atom. The normalized spacial score (nSPS) is 12.8. The lowest BCUT2D eigenvalue weighted by molar-refractivity contribution is -0.139. The van der Waals surface area contributed by atoms with Gasteiger partial charge in [0, 0.05) is 6.20 Å². The maximum Gasteiger partial charge on any atom is 0.312 e. The third-order valence-corrected chi connectivity index (χ3v) is 1.97. The molecule has 1 rings (SSSR count). The lowest BCUT2D eigenvalue weighted by atomic mass is 9.94. The third kappa shape index (κ3) is 2.80. The van der Waals surface area contributed by atoms with Crippen LogP contribution < -0.4 is 0 Å². The van der Waals surface area contributed by atoms with Gasteiger partial charge in [-0.1, -0.05) is 13.8 Å². The van der Waals surface area contributed by atoms with Crippen LogP contribution in [0.5, 0.6) is 0 Å². The summed E-state index contributed by atoms with van der Waals surface area (Å²) >= 11 is 0. The second-order valence-electron chi connectivity index (χ2n) is 3.65. The van der Waals surface area contributed by atoms with Crippen molar-refractivity contribution in [2.45, 2.75) is 26.2 Å². The highest BCUT2D eigenvalue weighted by molar-refractivity contribution is 5.75. The van der Waals surface area contributed by atoms with Crippen LogP contribution in [0.2, 0.25) is 0 Å². The Hall–Kier alpha value is -1.45. The third-order valence-electron chi connectivity index (χ3n) is 1.97. The fourth-order valence-electron chi connectivity index (χ4n) is 1.33. The largest absolute Gasteiger partial charge is 0.481 e. The molecule has 0 aromatic carbocycles. The molecule has 1 N–H and O–H groups in total. The summed E-state index contributed by atoms with van der Waals surface area (Å²) in [6.45, 7) is 3.99. The van der Waals surface area contributed by atoms with Crippen LogP contribution in [0.15, 0.2) is 18.6 Å². The first-order chi connectivity index (χ1) is 6.61. The number of carboxylic acid groups (broad SMARTS) is 1. The van der Waals surface area contributed by atoms with Crippen LogP contribution >= 0.6 is 0 Å². The second kappa shape index (κ2) is 4.69. The van der Waals surface area contributed by atoms with E-state index in [4.69, 9.17) is 5.11 Å². The van der Waals surface area contributed by atoms with Crippen LogP contribution in [0.25, 0.3) is 0 Å². The van der Waals surface area contributed by atoms with Crippen LogP contribution in [-0.4, -0.2) is 21.0 Å². The van der Waals surface area contributed by atoms with Crippen molar-refractivity contribution < 1.29 is 9.90 Å². The highest BCUT2D eigenvalue weighted by Crippen LogP contribution is 2.21. The van der Waals surface area contributed by atoms with Crippen LogP contribution in [0.3, 0.4) is 0 Å². The zero-order valence-electron chi connectivity index (χ0n) is 8.34. The van der Waals surface area contributed by atoms with E-state index in [1.165, 1.54) is 6.33 Å². The van der Waals surface area contributed by atoms with Gasteiger partial charge in [0.05, 0.1) is 11.6 Å². The highest BCUT2D eigenvalue weighted by atomic mass is 16.4.